The Bertz CT molecular complexity index is 802. The summed E-state index contributed by atoms with van der Waals surface area (Å²) < 4.78 is 11.0. The second-order valence-corrected chi connectivity index (χ2v) is 7.12. The number of carbonyl (C=O) groups is 2. The van der Waals surface area contributed by atoms with Crippen LogP contribution in [0.4, 0.5) is 5.69 Å². The quantitative estimate of drug-likeness (QED) is 0.692. The Morgan fingerprint density at radius 2 is 1.72 bits per heavy atom. The van der Waals surface area contributed by atoms with Crippen molar-refractivity contribution in [1.82, 2.24) is 4.90 Å². The summed E-state index contributed by atoms with van der Waals surface area (Å²) in [6.45, 7) is 4.38. The summed E-state index contributed by atoms with van der Waals surface area (Å²) in [5.74, 6) is 0.378. The Balaban J connectivity index is 1.49. The van der Waals surface area contributed by atoms with Gasteiger partial charge in [-0.1, -0.05) is 42.5 Å². The summed E-state index contributed by atoms with van der Waals surface area (Å²) in [5.41, 5.74) is 1.73. The fraction of sp³-hybridized carbons (Fsp3) is 0.391. The minimum atomic E-state index is -0.124. The molecule has 1 aliphatic rings. The van der Waals surface area contributed by atoms with Crippen LogP contribution in [0.3, 0.4) is 0 Å². The Morgan fingerprint density at radius 1 is 1.03 bits per heavy atom. The zero-order valence-corrected chi connectivity index (χ0v) is 16.8. The average Bonchev–Trinajstić information content (AvgIpc) is 2.74. The van der Waals surface area contributed by atoms with Crippen molar-refractivity contribution >= 4 is 17.6 Å². The van der Waals surface area contributed by atoms with E-state index in [1.807, 2.05) is 61.5 Å². The Labute approximate surface area is 171 Å². The van der Waals surface area contributed by atoms with Crippen LogP contribution in [0.25, 0.3) is 0 Å². The number of anilines is 1. The van der Waals surface area contributed by atoms with Crippen LogP contribution in [0, 0.1) is 5.92 Å². The molecule has 0 aromatic heterocycles. The molecule has 1 amide bonds. The monoisotopic (exact) mass is 396 g/mol. The van der Waals surface area contributed by atoms with Gasteiger partial charge in [-0.05, 0) is 50.6 Å². The van der Waals surface area contributed by atoms with Crippen molar-refractivity contribution in [2.45, 2.75) is 26.4 Å². The summed E-state index contributed by atoms with van der Waals surface area (Å²) in [4.78, 5) is 26.4. The lowest BCUT2D eigenvalue weighted by Crippen LogP contribution is -2.41. The highest BCUT2D eigenvalue weighted by Gasteiger charge is 2.26. The average molecular weight is 396 g/mol. The first-order valence-electron chi connectivity index (χ1n) is 10.1. The number of esters is 1. The summed E-state index contributed by atoms with van der Waals surface area (Å²) in [7, 11) is 0. The van der Waals surface area contributed by atoms with Crippen molar-refractivity contribution in [3.8, 4) is 5.75 Å². The van der Waals surface area contributed by atoms with Crippen molar-refractivity contribution in [2.75, 3.05) is 31.6 Å². The molecule has 2 aromatic rings. The molecule has 0 aliphatic carbocycles. The number of hydrogen-bond acceptors (Lipinski definition) is 5. The molecule has 1 aliphatic heterocycles. The van der Waals surface area contributed by atoms with E-state index in [0.29, 0.717) is 44.3 Å². The van der Waals surface area contributed by atoms with Crippen LogP contribution in [0.1, 0.15) is 25.3 Å². The van der Waals surface area contributed by atoms with Crippen LogP contribution in [0.5, 0.6) is 5.75 Å². The van der Waals surface area contributed by atoms with E-state index >= 15 is 0 Å². The normalized spacial score (nSPS) is 14.9. The molecule has 29 heavy (non-hydrogen) atoms. The fourth-order valence-electron chi connectivity index (χ4n) is 3.41. The van der Waals surface area contributed by atoms with E-state index in [1.165, 1.54) is 0 Å². The molecule has 0 bridgehead atoms. The van der Waals surface area contributed by atoms with Gasteiger partial charge < -0.3 is 14.8 Å². The molecule has 3 rings (SSSR count). The smallest absolute Gasteiger partial charge is 0.309 e. The number of likely N-dealkylation sites (tertiary alicyclic amines) is 1. The predicted molar refractivity (Wildman–Crippen MR) is 112 cm³/mol. The van der Waals surface area contributed by atoms with Gasteiger partial charge in [0.25, 0.3) is 0 Å². The highest BCUT2D eigenvalue weighted by molar-refractivity contribution is 5.93. The molecule has 1 N–H and O–H groups in total. The summed E-state index contributed by atoms with van der Waals surface area (Å²) in [6.07, 6.45) is 1.45. The maximum Gasteiger partial charge on any atom is 0.309 e. The van der Waals surface area contributed by atoms with Gasteiger partial charge in [0.05, 0.1) is 24.8 Å². The molecule has 6 heteroatoms. The second-order valence-electron chi connectivity index (χ2n) is 7.12. The van der Waals surface area contributed by atoms with E-state index < -0.39 is 0 Å². The Hall–Kier alpha value is -2.86. The van der Waals surface area contributed by atoms with Gasteiger partial charge in [0.2, 0.25) is 5.91 Å². The molecule has 1 fully saturated rings. The van der Waals surface area contributed by atoms with Crippen molar-refractivity contribution in [2.24, 2.45) is 5.92 Å². The molecule has 0 spiro atoms. The number of hydrogen-bond donors (Lipinski definition) is 1. The third kappa shape index (κ3) is 6.32. The van der Waals surface area contributed by atoms with E-state index in [-0.39, 0.29) is 17.8 Å². The number of rotatable bonds is 8. The SMILES string of the molecule is CCOC(=O)C1CCN(CC(=O)Nc2ccccc2OCc2ccccc2)CC1. The number of nitrogens with one attached hydrogen (secondary N) is 1. The predicted octanol–water partition coefficient (Wildman–Crippen LogP) is 3.48. The minimum Gasteiger partial charge on any atom is -0.487 e. The minimum absolute atomic E-state index is 0.0543. The van der Waals surface area contributed by atoms with Gasteiger partial charge in [-0.25, -0.2) is 0 Å². The van der Waals surface area contributed by atoms with Gasteiger partial charge >= 0.3 is 5.97 Å². The van der Waals surface area contributed by atoms with Gasteiger partial charge in [0, 0.05) is 0 Å². The van der Waals surface area contributed by atoms with Gasteiger partial charge in [0.15, 0.2) is 0 Å². The Morgan fingerprint density at radius 3 is 2.45 bits per heavy atom. The molecule has 1 saturated heterocycles. The number of piperidine rings is 1. The number of para-hydroxylation sites is 2. The van der Waals surface area contributed by atoms with Crippen LogP contribution in [-0.2, 0) is 20.9 Å². The summed E-state index contributed by atoms with van der Waals surface area (Å²) in [5, 5.41) is 2.95. The van der Waals surface area contributed by atoms with Crippen LogP contribution >= 0.6 is 0 Å². The maximum absolute atomic E-state index is 12.5. The lowest BCUT2D eigenvalue weighted by Gasteiger charge is -2.30. The zero-order chi connectivity index (χ0) is 20.5. The summed E-state index contributed by atoms with van der Waals surface area (Å²) in [6, 6.07) is 17.4. The lowest BCUT2D eigenvalue weighted by atomic mass is 9.97. The van der Waals surface area contributed by atoms with Crippen molar-refractivity contribution in [3.63, 3.8) is 0 Å². The molecular weight excluding hydrogens is 368 g/mol. The molecule has 2 aromatic carbocycles. The highest BCUT2D eigenvalue weighted by atomic mass is 16.5. The van der Waals surface area contributed by atoms with Crippen LogP contribution in [0.15, 0.2) is 54.6 Å². The number of nitrogens with zero attached hydrogens (tertiary/aromatic N) is 1. The molecule has 0 saturated carbocycles. The van der Waals surface area contributed by atoms with Crippen LogP contribution < -0.4 is 10.1 Å². The van der Waals surface area contributed by atoms with Crippen molar-refractivity contribution in [3.05, 3.63) is 60.2 Å². The first-order chi connectivity index (χ1) is 14.2. The van der Waals surface area contributed by atoms with E-state index in [2.05, 4.69) is 10.2 Å². The van der Waals surface area contributed by atoms with E-state index in [9.17, 15) is 9.59 Å². The van der Waals surface area contributed by atoms with Crippen LogP contribution in [-0.4, -0.2) is 43.0 Å². The molecular formula is C23H28N2O4. The molecule has 1 heterocycles. The molecule has 0 atom stereocenters. The molecule has 0 radical (unpaired) electrons. The highest BCUT2D eigenvalue weighted by Crippen LogP contribution is 2.25. The molecule has 154 valence electrons. The third-order valence-corrected chi connectivity index (χ3v) is 4.97. The largest absolute Gasteiger partial charge is 0.487 e. The van der Waals surface area contributed by atoms with Crippen molar-refractivity contribution < 1.29 is 19.1 Å². The van der Waals surface area contributed by atoms with Gasteiger partial charge in [0.1, 0.15) is 12.4 Å². The Kier molecular flexibility index (Phi) is 7.64. The van der Waals surface area contributed by atoms with Gasteiger partial charge in [-0.15, -0.1) is 0 Å². The van der Waals surface area contributed by atoms with E-state index in [4.69, 9.17) is 9.47 Å². The number of carbonyl (C=O) groups excluding carboxylic acids is 2. The summed E-state index contributed by atoms with van der Waals surface area (Å²) >= 11 is 0. The second kappa shape index (κ2) is 10.6. The van der Waals surface area contributed by atoms with Crippen molar-refractivity contribution in [1.29, 1.82) is 0 Å². The third-order valence-electron chi connectivity index (χ3n) is 4.97. The number of ether oxygens (including phenoxy) is 2. The standard InChI is InChI=1S/C23H28N2O4/c1-2-28-23(27)19-12-14-25(15-13-19)16-22(26)24-20-10-6-7-11-21(20)29-17-18-8-4-3-5-9-18/h3-11,19H,2,12-17H2,1H3,(H,24,26). The molecule has 0 unspecified atom stereocenters. The maximum atomic E-state index is 12.5. The topological polar surface area (TPSA) is 67.9 Å². The van der Waals surface area contributed by atoms with Crippen LogP contribution in [0.2, 0.25) is 0 Å². The van der Waals surface area contributed by atoms with E-state index in [1.54, 1.807) is 0 Å². The first kappa shape index (κ1) is 20.9. The first-order valence-corrected chi connectivity index (χ1v) is 10.1. The van der Waals surface area contributed by atoms with Gasteiger partial charge in [-0.3, -0.25) is 14.5 Å². The lowest BCUT2D eigenvalue weighted by molar-refractivity contribution is -0.149. The van der Waals surface area contributed by atoms with Gasteiger partial charge in [-0.2, -0.15) is 0 Å². The number of amides is 1. The fourth-order valence-corrected chi connectivity index (χ4v) is 3.41. The van der Waals surface area contributed by atoms with E-state index in [0.717, 1.165) is 18.4 Å². The molecule has 6 nitrogen and oxygen atoms in total. The zero-order valence-electron chi connectivity index (χ0n) is 16.8. The number of benzene rings is 2.